The number of halogens is 1. The van der Waals surface area contributed by atoms with E-state index in [0.717, 1.165) is 25.7 Å². The maximum Gasteiger partial charge on any atom is 0.201 e. The van der Waals surface area contributed by atoms with Crippen molar-refractivity contribution in [1.82, 2.24) is 0 Å². The summed E-state index contributed by atoms with van der Waals surface area (Å²) in [6.45, 7) is 6.51. The molecule has 0 radical (unpaired) electrons. The summed E-state index contributed by atoms with van der Waals surface area (Å²) in [6.07, 6.45) is 2.94. The van der Waals surface area contributed by atoms with Crippen molar-refractivity contribution in [2.24, 2.45) is 23.7 Å². The Hall–Kier alpha value is -1.05. The van der Waals surface area contributed by atoms with Gasteiger partial charge in [0.1, 0.15) is 5.82 Å². The zero-order valence-electron chi connectivity index (χ0n) is 16.7. The van der Waals surface area contributed by atoms with E-state index in [1.54, 1.807) is 12.1 Å². The molecule has 5 nitrogen and oxygen atoms in total. The van der Waals surface area contributed by atoms with Gasteiger partial charge in [0.25, 0.3) is 0 Å². The summed E-state index contributed by atoms with van der Waals surface area (Å²) >= 11 is 0. The fraction of sp³-hybridized carbons (Fsp3) is 0.727. The van der Waals surface area contributed by atoms with Crippen LogP contribution in [0.1, 0.15) is 52.0 Å². The summed E-state index contributed by atoms with van der Waals surface area (Å²) in [7, 11) is 0. The van der Waals surface area contributed by atoms with Crippen molar-refractivity contribution in [2.75, 3.05) is 0 Å². The molecule has 0 unspecified atom stereocenters. The van der Waals surface area contributed by atoms with E-state index in [-0.39, 0.29) is 24.3 Å². The average molecular weight is 392 g/mol. The van der Waals surface area contributed by atoms with Crippen molar-refractivity contribution in [3.8, 4) is 0 Å². The van der Waals surface area contributed by atoms with Gasteiger partial charge in [0.05, 0.1) is 6.61 Å². The summed E-state index contributed by atoms with van der Waals surface area (Å²) in [5.41, 5.74) is -0.0612. The summed E-state index contributed by atoms with van der Waals surface area (Å²) in [6, 6.07) is 6.68. The highest BCUT2D eigenvalue weighted by Gasteiger charge is 2.69. The number of rotatable bonds is 3. The molecule has 4 aliphatic heterocycles. The summed E-state index contributed by atoms with van der Waals surface area (Å²) in [4.78, 5) is 11.9. The maximum atomic E-state index is 14.0. The predicted octanol–water partition coefficient (Wildman–Crippen LogP) is 4.55. The molecule has 0 aromatic heterocycles. The van der Waals surface area contributed by atoms with Crippen LogP contribution in [0.25, 0.3) is 0 Å². The molecule has 0 amide bonds. The minimum absolute atomic E-state index is 0.0904. The first-order valence-corrected chi connectivity index (χ1v) is 10.5. The van der Waals surface area contributed by atoms with Gasteiger partial charge in [-0.15, -0.1) is 0 Å². The summed E-state index contributed by atoms with van der Waals surface area (Å²) < 4.78 is 32.7. The van der Waals surface area contributed by atoms with Gasteiger partial charge in [0.15, 0.2) is 18.2 Å². The van der Waals surface area contributed by atoms with E-state index in [1.807, 2.05) is 13.0 Å². The average Bonchev–Trinajstić information content (AvgIpc) is 2.91. The third kappa shape index (κ3) is 2.76. The highest BCUT2D eigenvalue weighted by atomic mass is 19.1. The van der Waals surface area contributed by atoms with E-state index >= 15 is 0 Å². The molecule has 4 saturated heterocycles. The predicted molar refractivity (Wildman–Crippen MR) is 98.0 cm³/mol. The number of ether oxygens (including phenoxy) is 3. The molecule has 1 aromatic carbocycles. The fourth-order valence-corrected chi connectivity index (χ4v) is 5.85. The van der Waals surface area contributed by atoms with E-state index in [4.69, 9.17) is 24.0 Å². The maximum absolute atomic E-state index is 14.0. The number of benzene rings is 1. The van der Waals surface area contributed by atoms with Gasteiger partial charge in [-0.25, -0.2) is 14.2 Å². The highest BCUT2D eigenvalue weighted by molar-refractivity contribution is 5.16. The molecule has 28 heavy (non-hydrogen) atoms. The molecule has 0 N–H and O–H groups in total. The van der Waals surface area contributed by atoms with Crippen molar-refractivity contribution in [3.05, 3.63) is 35.6 Å². The quantitative estimate of drug-likeness (QED) is 0.706. The Morgan fingerprint density at radius 2 is 1.93 bits per heavy atom. The van der Waals surface area contributed by atoms with Crippen LogP contribution in [0, 0.1) is 29.5 Å². The molecule has 5 fully saturated rings. The van der Waals surface area contributed by atoms with Crippen LogP contribution in [-0.4, -0.2) is 24.0 Å². The van der Waals surface area contributed by atoms with Gasteiger partial charge in [-0.05, 0) is 44.1 Å². The largest absolute Gasteiger partial charge is 0.347 e. The van der Waals surface area contributed by atoms with E-state index in [0.29, 0.717) is 17.4 Å². The monoisotopic (exact) mass is 392 g/mol. The summed E-state index contributed by atoms with van der Waals surface area (Å²) in [5, 5.41) is 0. The van der Waals surface area contributed by atoms with E-state index in [9.17, 15) is 4.39 Å². The van der Waals surface area contributed by atoms with Crippen molar-refractivity contribution >= 4 is 0 Å². The van der Waals surface area contributed by atoms with Crippen LogP contribution in [-0.2, 0) is 30.6 Å². The molecule has 2 bridgehead atoms. The first-order chi connectivity index (χ1) is 13.4. The molecule has 1 aliphatic carbocycles. The Labute approximate surface area is 165 Å². The lowest BCUT2D eigenvalue weighted by atomic mass is 9.58. The molecular weight excluding hydrogens is 363 g/mol. The lowest BCUT2D eigenvalue weighted by Crippen LogP contribution is -2.70. The molecule has 154 valence electrons. The molecule has 1 spiro atoms. The smallest absolute Gasteiger partial charge is 0.201 e. The molecule has 6 rings (SSSR count). The van der Waals surface area contributed by atoms with E-state index in [2.05, 4.69) is 13.8 Å². The van der Waals surface area contributed by atoms with Crippen LogP contribution in [0.4, 0.5) is 4.39 Å². The lowest BCUT2D eigenvalue weighted by Gasteiger charge is -2.60. The molecule has 1 aromatic rings. The van der Waals surface area contributed by atoms with Gasteiger partial charge in [-0.1, -0.05) is 32.0 Å². The first-order valence-electron chi connectivity index (χ1n) is 10.5. The van der Waals surface area contributed by atoms with Crippen LogP contribution < -0.4 is 0 Å². The zero-order valence-corrected chi connectivity index (χ0v) is 16.7. The standard InChI is InChI=1S/C22H29FO5/c1-13-8-9-17-14(2)19(24-12-15-6-4-5-7-18(15)23)25-20-22(17)16(13)10-11-21(3,26-20)27-28-22/h4-7,13-14,16-17,19-20H,8-12H2,1-3H3/t13-,14-,16+,17+,19+,20-,21-,22-/m1/s1. The van der Waals surface area contributed by atoms with Gasteiger partial charge >= 0.3 is 0 Å². The van der Waals surface area contributed by atoms with Crippen LogP contribution in [0.15, 0.2) is 24.3 Å². The normalized spacial score (nSPS) is 47.4. The second-order valence-electron chi connectivity index (χ2n) is 9.18. The topological polar surface area (TPSA) is 46.2 Å². The second kappa shape index (κ2) is 6.74. The first kappa shape index (κ1) is 18.9. The number of fused-ring (bicyclic) bond motifs is 2. The highest BCUT2D eigenvalue weighted by Crippen LogP contribution is 2.60. The molecular formula is C22H29FO5. The van der Waals surface area contributed by atoms with Crippen LogP contribution >= 0.6 is 0 Å². The minimum Gasteiger partial charge on any atom is -0.347 e. The second-order valence-corrected chi connectivity index (χ2v) is 9.18. The van der Waals surface area contributed by atoms with Gasteiger partial charge in [0.2, 0.25) is 5.79 Å². The zero-order chi connectivity index (χ0) is 19.5. The number of hydrogen-bond acceptors (Lipinski definition) is 5. The Morgan fingerprint density at radius 1 is 1.11 bits per heavy atom. The number of hydrogen-bond donors (Lipinski definition) is 0. The molecule has 4 heterocycles. The Bertz CT molecular complexity index is 743. The van der Waals surface area contributed by atoms with Crippen molar-refractivity contribution in [3.63, 3.8) is 0 Å². The van der Waals surface area contributed by atoms with E-state index < -0.39 is 24.0 Å². The Morgan fingerprint density at radius 3 is 2.75 bits per heavy atom. The summed E-state index contributed by atoms with van der Waals surface area (Å²) in [5.74, 6) is 0.0961. The lowest BCUT2D eigenvalue weighted by molar-refractivity contribution is -0.577. The van der Waals surface area contributed by atoms with Gasteiger partial charge in [0, 0.05) is 23.8 Å². The molecule has 8 atom stereocenters. The van der Waals surface area contributed by atoms with Gasteiger partial charge in [-0.2, -0.15) is 0 Å². The van der Waals surface area contributed by atoms with Crippen molar-refractivity contribution in [1.29, 1.82) is 0 Å². The fourth-order valence-electron chi connectivity index (χ4n) is 5.85. The molecule has 5 aliphatic rings. The van der Waals surface area contributed by atoms with E-state index in [1.165, 1.54) is 6.07 Å². The van der Waals surface area contributed by atoms with Crippen LogP contribution in [0.2, 0.25) is 0 Å². The third-order valence-electron chi connectivity index (χ3n) is 7.46. The van der Waals surface area contributed by atoms with Crippen molar-refractivity contribution in [2.45, 2.75) is 77.0 Å². The van der Waals surface area contributed by atoms with Gasteiger partial charge in [-0.3, -0.25) is 0 Å². The minimum atomic E-state index is -0.797. The SMILES string of the molecule is C[C@H]1[C@@H](OCc2ccccc2F)O[C@@H]2O[C@@]3(C)CC[C@H]4[C@H](C)CC[C@@H]1[C@@]24OO3. The molecule has 1 saturated carbocycles. The van der Waals surface area contributed by atoms with Gasteiger partial charge < -0.3 is 14.2 Å². The Balaban J connectivity index is 1.42. The van der Waals surface area contributed by atoms with Crippen molar-refractivity contribution < 1.29 is 28.4 Å². The van der Waals surface area contributed by atoms with Crippen LogP contribution in [0.3, 0.4) is 0 Å². The van der Waals surface area contributed by atoms with Crippen LogP contribution in [0.5, 0.6) is 0 Å². The Kier molecular flexibility index (Phi) is 4.56. The molecule has 6 heteroatoms. The third-order valence-corrected chi connectivity index (χ3v) is 7.46.